The van der Waals surface area contributed by atoms with Crippen LogP contribution in [-0.2, 0) is 4.79 Å². The van der Waals surface area contributed by atoms with Crippen molar-refractivity contribution in [1.29, 1.82) is 0 Å². The number of rotatable bonds is 8. The van der Waals surface area contributed by atoms with Crippen molar-refractivity contribution < 1.29 is 24.3 Å². The highest BCUT2D eigenvalue weighted by atomic mass is 16.6. The molecule has 2 rings (SSSR count). The molecule has 0 unspecified atom stereocenters. The Hall–Kier alpha value is -3.82. The number of phenolic OH excluding ortho intramolecular Hbond substituents is 1. The average Bonchev–Trinajstić information content (AvgIpc) is 2.69. The Labute approximate surface area is 160 Å². The van der Waals surface area contributed by atoms with Gasteiger partial charge < -0.3 is 19.9 Å². The number of hydrogen-bond donors (Lipinski definition) is 3. The summed E-state index contributed by atoms with van der Waals surface area (Å²) in [6, 6.07) is 8.87. The Bertz CT molecular complexity index is 882. The maximum Gasteiger partial charge on any atom is 0.315 e. The first-order valence-corrected chi connectivity index (χ1v) is 8.14. The summed E-state index contributed by atoms with van der Waals surface area (Å²) in [5.41, 5.74) is 2.53. The smallest absolute Gasteiger partial charge is 0.315 e. The lowest BCUT2D eigenvalue weighted by atomic mass is 10.1. The lowest BCUT2D eigenvalue weighted by molar-refractivity contribution is -0.385. The number of hydrazone groups is 1. The third-order valence-corrected chi connectivity index (χ3v) is 3.77. The maximum absolute atomic E-state index is 12.1. The summed E-state index contributed by atoms with van der Waals surface area (Å²) in [5.74, 6) is -0.150. The highest BCUT2D eigenvalue weighted by molar-refractivity contribution is 5.89. The van der Waals surface area contributed by atoms with E-state index in [-0.39, 0.29) is 11.3 Å². The number of nitrogens with zero attached hydrogens (tertiary/aromatic N) is 2. The van der Waals surface area contributed by atoms with E-state index in [9.17, 15) is 20.0 Å². The fourth-order valence-corrected chi connectivity index (χ4v) is 2.23. The number of amides is 1. The Morgan fingerprint density at radius 2 is 1.86 bits per heavy atom. The molecular formula is C18H20N4O6. The Morgan fingerprint density at radius 3 is 2.43 bits per heavy atom. The predicted molar refractivity (Wildman–Crippen MR) is 103 cm³/mol. The third-order valence-electron chi connectivity index (χ3n) is 3.77. The van der Waals surface area contributed by atoms with Gasteiger partial charge in [-0.15, -0.1) is 0 Å². The summed E-state index contributed by atoms with van der Waals surface area (Å²) in [6.45, 7) is 1.64. The molecule has 1 amide bonds. The van der Waals surface area contributed by atoms with Crippen molar-refractivity contribution in [1.82, 2.24) is 5.43 Å². The van der Waals surface area contributed by atoms with Gasteiger partial charge in [-0.05, 0) is 37.3 Å². The number of methoxy groups -OCH3 is 2. The van der Waals surface area contributed by atoms with Crippen LogP contribution in [0.15, 0.2) is 41.5 Å². The van der Waals surface area contributed by atoms with Gasteiger partial charge in [-0.2, -0.15) is 5.10 Å². The van der Waals surface area contributed by atoms with Gasteiger partial charge >= 0.3 is 5.69 Å². The van der Waals surface area contributed by atoms with Crippen molar-refractivity contribution in [3.8, 4) is 17.2 Å². The molecule has 0 aromatic heterocycles. The van der Waals surface area contributed by atoms with Crippen LogP contribution in [0.5, 0.6) is 17.2 Å². The second kappa shape index (κ2) is 9.21. The van der Waals surface area contributed by atoms with E-state index in [1.807, 2.05) is 0 Å². The normalized spacial score (nSPS) is 11.7. The molecule has 0 bridgehead atoms. The third kappa shape index (κ3) is 5.10. The van der Waals surface area contributed by atoms with Gasteiger partial charge in [-0.25, -0.2) is 5.43 Å². The highest BCUT2D eigenvalue weighted by Gasteiger charge is 2.19. The summed E-state index contributed by atoms with van der Waals surface area (Å²) < 4.78 is 10.0. The second-order valence-corrected chi connectivity index (χ2v) is 5.67. The number of benzene rings is 2. The zero-order valence-electron chi connectivity index (χ0n) is 15.5. The first-order chi connectivity index (χ1) is 13.3. The molecular weight excluding hydrogens is 368 g/mol. The van der Waals surface area contributed by atoms with Gasteiger partial charge in [-0.3, -0.25) is 14.9 Å². The molecule has 0 aliphatic carbocycles. The molecule has 0 radical (unpaired) electrons. The van der Waals surface area contributed by atoms with Crippen LogP contribution in [0.25, 0.3) is 0 Å². The molecule has 10 heteroatoms. The number of carbonyl (C=O) groups is 1. The van der Waals surface area contributed by atoms with Crippen LogP contribution in [0.1, 0.15) is 12.5 Å². The molecule has 0 aliphatic rings. The zero-order chi connectivity index (χ0) is 20.7. The van der Waals surface area contributed by atoms with Crippen LogP contribution < -0.4 is 20.2 Å². The number of nitro benzene ring substituents is 1. The number of carbonyl (C=O) groups excluding carboxylic acids is 1. The number of aromatic hydroxyl groups is 1. The minimum Gasteiger partial charge on any atom is -0.502 e. The number of anilines is 1. The minimum absolute atomic E-state index is 0.0297. The average molecular weight is 388 g/mol. The molecule has 0 fully saturated rings. The molecule has 28 heavy (non-hydrogen) atoms. The van der Waals surface area contributed by atoms with Gasteiger partial charge in [0.2, 0.25) is 5.75 Å². The molecule has 0 heterocycles. The van der Waals surface area contributed by atoms with Gasteiger partial charge in [0.1, 0.15) is 17.5 Å². The van der Waals surface area contributed by atoms with Crippen molar-refractivity contribution in [3.63, 3.8) is 0 Å². The molecule has 0 saturated heterocycles. The quantitative estimate of drug-likeness (QED) is 0.358. The van der Waals surface area contributed by atoms with E-state index in [4.69, 9.17) is 9.47 Å². The summed E-state index contributed by atoms with van der Waals surface area (Å²) in [5, 5.41) is 27.7. The summed E-state index contributed by atoms with van der Waals surface area (Å²) in [7, 11) is 2.90. The SMILES string of the molecule is COc1ccc(N[C@H](C)C(=O)N/N=C\c2cc(OC)cc([N+](=O)[O-])c2O)cc1. The molecule has 0 aliphatic heterocycles. The van der Waals surface area contributed by atoms with Gasteiger partial charge in [0, 0.05) is 11.3 Å². The van der Waals surface area contributed by atoms with E-state index in [0.29, 0.717) is 11.4 Å². The van der Waals surface area contributed by atoms with E-state index < -0.39 is 28.3 Å². The summed E-state index contributed by atoms with van der Waals surface area (Å²) >= 11 is 0. The minimum atomic E-state index is -0.741. The number of nitrogens with one attached hydrogen (secondary N) is 2. The van der Waals surface area contributed by atoms with E-state index >= 15 is 0 Å². The van der Waals surface area contributed by atoms with E-state index in [0.717, 1.165) is 12.3 Å². The van der Waals surface area contributed by atoms with E-state index in [1.165, 1.54) is 13.2 Å². The lowest BCUT2D eigenvalue weighted by Gasteiger charge is -2.13. The van der Waals surface area contributed by atoms with Crippen molar-refractivity contribution in [3.05, 3.63) is 52.1 Å². The molecule has 148 valence electrons. The number of nitro groups is 1. The Kier molecular flexibility index (Phi) is 6.74. The Morgan fingerprint density at radius 1 is 1.21 bits per heavy atom. The standard InChI is InChI=1S/C18H20N4O6/c1-11(20-13-4-6-14(27-2)7-5-13)18(24)21-19-10-12-8-15(28-3)9-16(17(12)23)22(25)26/h4-11,20,23H,1-3H3,(H,21,24)/b19-10-/t11-/m1/s1. The maximum atomic E-state index is 12.1. The second-order valence-electron chi connectivity index (χ2n) is 5.67. The number of hydrogen-bond acceptors (Lipinski definition) is 8. The van der Waals surface area contributed by atoms with Crippen LogP contribution in [0.3, 0.4) is 0 Å². The topological polar surface area (TPSA) is 135 Å². The van der Waals surface area contributed by atoms with Crippen molar-refractivity contribution >= 4 is 23.5 Å². The molecule has 3 N–H and O–H groups in total. The van der Waals surface area contributed by atoms with Crippen LogP contribution in [0, 0.1) is 10.1 Å². The summed E-state index contributed by atoms with van der Waals surface area (Å²) in [4.78, 5) is 22.4. The first-order valence-electron chi connectivity index (χ1n) is 8.14. The largest absolute Gasteiger partial charge is 0.502 e. The molecule has 2 aromatic carbocycles. The molecule has 0 spiro atoms. The predicted octanol–water partition coefficient (Wildman–Crippen LogP) is 2.27. The molecule has 1 atom stereocenters. The van der Waals surface area contributed by atoms with Crippen molar-refractivity contribution in [2.75, 3.05) is 19.5 Å². The summed E-state index contributed by atoms with van der Waals surface area (Å²) in [6.07, 6.45) is 1.10. The van der Waals surface area contributed by atoms with Crippen LogP contribution in [0.4, 0.5) is 11.4 Å². The molecule has 2 aromatic rings. The van der Waals surface area contributed by atoms with Crippen LogP contribution in [0.2, 0.25) is 0 Å². The van der Waals surface area contributed by atoms with Gasteiger partial charge in [0.15, 0.2) is 0 Å². The highest BCUT2D eigenvalue weighted by Crippen LogP contribution is 2.33. The van der Waals surface area contributed by atoms with Crippen LogP contribution in [-0.4, -0.2) is 42.4 Å². The monoisotopic (exact) mass is 388 g/mol. The zero-order valence-corrected chi connectivity index (χ0v) is 15.5. The number of phenols is 1. The van der Waals surface area contributed by atoms with Gasteiger partial charge in [-0.1, -0.05) is 0 Å². The Balaban J connectivity index is 2.04. The first kappa shape index (κ1) is 20.5. The number of ether oxygens (including phenoxy) is 2. The lowest BCUT2D eigenvalue weighted by Crippen LogP contribution is -2.34. The fourth-order valence-electron chi connectivity index (χ4n) is 2.23. The fraction of sp³-hybridized carbons (Fsp3) is 0.222. The molecule has 10 nitrogen and oxygen atoms in total. The van der Waals surface area contributed by atoms with Crippen LogP contribution >= 0.6 is 0 Å². The van der Waals surface area contributed by atoms with Crippen molar-refractivity contribution in [2.45, 2.75) is 13.0 Å². The van der Waals surface area contributed by atoms with E-state index in [2.05, 4.69) is 15.8 Å². The van der Waals surface area contributed by atoms with Gasteiger partial charge in [0.05, 0.1) is 31.4 Å². The molecule has 0 saturated carbocycles. The van der Waals surface area contributed by atoms with Crippen molar-refractivity contribution in [2.24, 2.45) is 5.10 Å². The van der Waals surface area contributed by atoms with E-state index in [1.54, 1.807) is 38.3 Å². The van der Waals surface area contributed by atoms with Gasteiger partial charge in [0.25, 0.3) is 5.91 Å².